The zero-order valence-corrected chi connectivity index (χ0v) is 17.9. The molecule has 0 saturated heterocycles. The molecule has 0 aliphatic heterocycles. The van der Waals surface area contributed by atoms with Gasteiger partial charge in [0.1, 0.15) is 11.8 Å². The average molecular weight is 397 g/mol. The number of carbonyl (C=O) groups excluding carboxylic acids is 2. The third kappa shape index (κ3) is 7.26. The summed E-state index contributed by atoms with van der Waals surface area (Å²) < 4.78 is 5.29. The van der Waals surface area contributed by atoms with Crippen LogP contribution < -0.4 is 10.1 Å². The van der Waals surface area contributed by atoms with Gasteiger partial charge >= 0.3 is 0 Å². The van der Waals surface area contributed by atoms with E-state index in [1.165, 1.54) is 0 Å². The zero-order valence-electron chi connectivity index (χ0n) is 17.9. The highest BCUT2D eigenvalue weighted by molar-refractivity contribution is 5.87. The Balaban J connectivity index is 2.14. The number of carbonyl (C=O) groups is 2. The Morgan fingerprint density at radius 3 is 2.34 bits per heavy atom. The van der Waals surface area contributed by atoms with Crippen LogP contribution in [0.2, 0.25) is 0 Å². The van der Waals surface area contributed by atoms with Crippen molar-refractivity contribution in [1.82, 2.24) is 10.2 Å². The van der Waals surface area contributed by atoms with E-state index in [0.717, 1.165) is 16.9 Å². The van der Waals surface area contributed by atoms with E-state index in [2.05, 4.69) is 5.32 Å². The number of amides is 2. The first kappa shape index (κ1) is 22.5. The van der Waals surface area contributed by atoms with Gasteiger partial charge in [-0.15, -0.1) is 0 Å². The standard InChI is InChI=1S/C24H32N2O3/c1-18(2)16-25-24(28)19(3)26(17-21-11-8-12-22(15-21)29-4)23(27)14-13-20-9-6-5-7-10-20/h5-12,15,18-19H,13-14,16-17H2,1-4H3,(H,25,28)/t19-/m0/s1. The Morgan fingerprint density at radius 1 is 1.00 bits per heavy atom. The lowest BCUT2D eigenvalue weighted by molar-refractivity contribution is -0.140. The van der Waals surface area contributed by atoms with Gasteiger partial charge in [0.05, 0.1) is 7.11 Å². The number of hydrogen-bond acceptors (Lipinski definition) is 3. The molecule has 2 aromatic rings. The molecule has 2 rings (SSSR count). The van der Waals surface area contributed by atoms with E-state index in [1.807, 2.05) is 68.4 Å². The van der Waals surface area contributed by atoms with Gasteiger partial charge in [0, 0.05) is 19.5 Å². The summed E-state index contributed by atoms with van der Waals surface area (Å²) in [5.41, 5.74) is 2.04. The highest BCUT2D eigenvalue weighted by Crippen LogP contribution is 2.17. The van der Waals surface area contributed by atoms with E-state index in [9.17, 15) is 9.59 Å². The molecule has 0 heterocycles. The van der Waals surface area contributed by atoms with Gasteiger partial charge in [-0.3, -0.25) is 9.59 Å². The molecule has 0 aliphatic carbocycles. The molecular weight excluding hydrogens is 364 g/mol. The maximum absolute atomic E-state index is 13.1. The van der Waals surface area contributed by atoms with Gasteiger partial charge in [-0.25, -0.2) is 0 Å². The van der Waals surface area contributed by atoms with Crippen LogP contribution in [0.1, 0.15) is 38.3 Å². The number of methoxy groups -OCH3 is 1. The van der Waals surface area contributed by atoms with Crippen molar-refractivity contribution in [2.45, 2.75) is 46.2 Å². The van der Waals surface area contributed by atoms with E-state index in [0.29, 0.717) is 31.8 Å². The van der Waals surface area contributed by atoms with Crippen molar-refractivity contribution < 1.29 is 14.3 Å². The van der Waals surface area contributed by atoms with Crippen molar-refractivity contribution in [2.75, 3.05) is 13.7 Å². The SMILES string of the molecule is COc1cccc(CN(C(=O)CCc2ccccc2)[C@@H](C)C(=O)NCC(C)C)c1. The molecule has 2 amide bonds. The van der Waals surface area contributed by atoms with Crippen LogP contribution in [0.4, 0.5) is 0 Å². The highest BCUT2D eigenvalue weighted by atomic mass is 16.5. The summed E-state index contributed by atoms with van der Waals surface area (Å²) in [6.07, 6.45) is 1.00. The van der Waals surface area contributed by atoms with Crippen molar-refractivity contribution in [3.8, 4) is 5.75 Å². The Bertz CT molecular complexity index is 790. The fourth-order valence-electron chi connectivity index (χ4n) is 3.04. The van der Waals surface area contributed by atoms with Gasteiger partial charge in [-0.1, -0.05) is 56.3 Å². The summed E-state index contributed by atoms with van der Waals surface area (Å²) in [6, 6.07) is 17.0. The first-order valence-electron chi connectivity index (χ1n) is 10.1. The van der Waals surface area contributed by atoms with Crippen LogP contribution in [0, 0.1) is 5.92 Å². The minimum atomic E-state index is -0.553. The van der Waals surface area contributed by atoms with E-state index < -0.39 is 6.04 Å². The molecule has 1 atom stereocenters. The number of hydrogen-bond donors (Lipinski definition) is 1. The molecule has 29 heavy (non-hydrogen) atoms. The van der Waals surface area contributed by atoms with Crippen molar-refractivity contribution in [1.29, 1.82) is 0 Å². The minimum absolute atomic E-state index is 0.0381. The lowest BCUT2D eigenvalue weighted by Gasteiger charge is -2.29. The summed E-state index contributed by atoms with van der Waals surface area (Å²) >= 11 is 0. The number of ether oxygens (including phenoxy) is 1. The van der Waals surface area contributed by atoms with E-state index >= 15 is 0 Å². The first-order valence-corrected chi connectivity index (χ1v) is 10.1. The van der Waals surface area contributed by atoms with Crippen molar-refractivity contribution in [3.05, 3.63) is 65.7 Å². The van der Waals surface area contributed by atoms with Gasteiger partial charge in [0.2, 0.25) is 11.8 Å². The average Bonchev–Trinajstić information content (AvgIpc) is 2.74. The maximum Gasteiger partial charge on any atom is 0.242 e. The summed E-state index contributed by atoms with van der Waals surface area (Å²) in [5.74, 6) is 0.918. The molecule has 156 valence electrons. The number of nitrogens with one attached hydrogen (secondary N) is 1. The van der Waals surface area contributed by atoms with Gasteiger partial charge < -0.3 is 15.0 Å². The van der Waals surface area contributed by atoms with Crippen LogP contribution in [-0.2, 0) is 22.6 Å². The molecule has 0 aliphatic rings. The van der Waals surface area contributed by atoms with Crippen LogP contribution in [0.25, 0.3) is 0 Å². The third-order valence-electron chi connectivity index (χ3n) is 4.81. The van der Waals surface area contributed by atoms with Gasteiger partial charge in [0.15, 0.2) is 0 Å². The Kier molecular flexibility index (Phi) is 8.71. The molecule has 0 bridgehead atoms. The predicted octanol–water partition coefficient (Wildman–Crippen LogP) is 3.82. The molecule has 0 saturated carbocycles. The second-order valence-corrected chi connectivity index (χ2v) is 7.67. The predicted molar refractivity (Wildman–Crippen MR) is 116 cm³/mol. The fourth-order valence-corrected chi connectivity index (χ4v) is 3.04. The molecule has 1 N–H and O–H groups in total. The van der Waals surface area contributed by atoms with Gasteiger partial charge in [-0.2, -0.15) is 0 Å². The fraction of sp³-hybridized carbons (Fsp3) is 0.417. The second-order valence-electron chi connectivity index (χ2n) is 7.67. The third-order valence-corrected chi connectivity index (χ3v) is 4.81. The smallest absolute Gasteiger partial charge is 0.242 e. The van der Waals surface area contributed by atoms with E-state index in [1.54, 1.807) is 18.9 Å². The number of rotatable bonds is 10. The summed E-state index contributed by atoms with van der Waals surface area (Å²) in [5, 5.41) is 2.94. The number of benzene rings is 2. The largest absolute Gasteiger partial charge is 0.497 e. The molecule has 0 unspecified atom stereocenters. The van der Waals surface area contributed by atoms with Crippen LogP contribution >= 0.6 is 0 Å². The first-order chi connectivity index (χ1) is 13.9. The summed E-state index contributed by atoms with van der Waals surface area (Å²) in [7, 11) is 1.61. The normalized spacial score (nSPS) is 11.8. The molecule has 0 fully saturated rings. The summed E-state index contributed by atoms with van der Waals surface area (Å²) in [4.78, 5) is 27.4. The number of aryl methyl sites for hydroxylation is 1. The molecule has 0 aromatic heterocycles. The van der Waals surface area contributed by atoms with Crippen LogP contribution in [0.3, 0.4) is 0 Å². The molecule has 0 spiro atoms. The molecular formula is C24H32N2O3. The quantitative estimate of drug-likeness (QED) is 0.664. The highest BCUT2D eigenvalue weighted by Gasteiger charge is 2.26. The van der Waals surface area contributed by atoms with Crippen LogP contribution in [0.15, 0.2) is 54.6 Å². The summed E-state index contributed by atoms with van der Waals surface area (Å²) in [6.45, 7) is 6.83. The topological polar surface area (TPSA) is 58.6 Å². The van der Waals surface area contributed by atoms with Crippen LogP contribution in [-0.4, -0.2) is 36.4 Å². The molecule has 0 radical (unpaired) electrons. The molecule has 2 aromatic carbocycles. The van der Waals surface area contributed by atoms with Crippen molar-refractivity contribution in [2.24, 2.45) is 5.92 Å². The Labute approximate surface area is 174 Å². The van der Waals surface area contributed by atoms with Gasteiger partial charge in [-0.05, 0) is 42.5 Å². The number of nitrogens with zero attached hydrogens (tertiary/aromatic N) is 1. The maximum atomic E-state index is 13.1. The van der Waals surface area contributed by atoms with Crippen molar-refractivity contribution >= 4 is 11.8 Å². The lowest BCUT2D eigenvalue weighted by Crippen LogP contribution is -2.48. The lowest BCUT2D eigenvalue weighted by atomic mass is 10.1. The zero-order chi connectivity index (χ0) is 21.2. The molecule has 5 heteroatoms. The Morgan fingerprint density at radius 2 is 1.69 bits per heavy atom. The van der Waals surface area contributed by atoms with E-state index in [4.69, 9.17) is 4.74 Å². The van der Waals surface area contributed by atoms with Crippen LogP contribution in [0.5, 0.6) is 5.75 Å². The second kappa shape index (κ2) is 11.2. The van der Waals surface area contributed by atoms with E-state index in [-0.39, 0.29) is 11.8 Å². The molecule has 5 nitrogen and oxygen atoms in total. The monoisotopic (exact) mass is 396 g/mol. The van der Waals surface area contributed by atoms with Crippen molar-refractivity contribution in [3.63, 3.8) is 0 Å². The minimum Gasteiger partial charge on any atom is -0.497 e. The van der Waals surface area contributed by atoms with Gasteiger partial charge in [0.25, 0.3) is 0 Å². The Hall–Kier alpha value is -2.82.